The second-order valence-corrected chi connectivity index (χ2v) is 5.56. The normalized spacial score (nSPS) is 18.3. The predicted octanol–water partition coefficient (Wildman–Crippen LogP) is 2.00. The standard InChI is InChI=1S/C12H15N3O2S2/c1-8-14-10(6-11(15-8)18-2)17-7-13-12(16)9-4-3-5-19-9/h3-6,10H,7H2,1-2H3,(H,13,16)(H,14,15)/t10-/m1/s1. The van der Waals surface area contributed by atoms with E-state index in [1.165, 1.54) is 11.3 Å². The maximum Gasteiger partial charge on any atom is 0.263 e. The molecular weight excluding hydrogens is 282 g/mol. The zero-order valence-electron chi connectivity index (χ0n) is 10.7. The van der Waals surface area contributed by atoms with Crippen LogP contribution in [0, 0.1) is 0 Å². The van der Waals surface area contributed by atoms with E-state index >= 15 is 0 Å². The van der Waals surface area contributed by atoms with Crippen molar-refractivity contribution in [3.05, 3.63) is 33.5 Å². The summed E-state index contributed by atoms with van der Waals surface area (Å²) >= 11 is 3.00. The monoisotopic (exact) mass is 297 g/mol. The molecule has 5 nitrogen and oxygen atoms in total. The number of thioether (sulfide) groups is 1. The van der Waals surface area contributed by atoms with Gasteiger partial charge in [-0.3, -0.25) is 4.79 Å². The second kappa shape index (κ2) is 6.74. The molecule has 102 valence electrons. The fourth-order valence-corrected chi connectivity index (χ4v) is 2.64. The number of hydrogen-bond acceptors (Lipinski definition) is 6. The van der Waals surface area contributed by atoms with Gasteiger partial charge in [0.25, 0.3) is 5.91 Å². The number of carbonyl (C=O) groups is 1. The van der Waals surface area contributed by atoms with Crippen molar-refractivity contribution in [2.45, 2.75) is 13.2 Å². The molecule has 0 spiro atoms. The van der Waals surface area contributed by atoms with Gasteiger partial charge in [-0.2, -0.15) is 0 Å². The minimum Gasteiger partial charge on any atom is -0.339 e. The van der Waals surface area contributed by atoms with Crippen LogP contribution in [0.5, 0.6) is 0 Å². The van der Waals surface area contributed by atoms with E-state index in [2.05, 4.69) is 15.6 Å². The second-order valence-electron chi connectivity index (χ2n) is 3.76. The summed E-state index contributed by atoms with van der Waals surface area (Å²) < 4.78 is 5.51. The molecule has 1 aromatic rings. The smallest absolute Gasteiger partial charge is 0.263 e. The number of nitrogens with zero attached hydrogens (tertiary/aromatic N) is 1. The van der Waals surface area contributed by atoms with Gasteiger partial charge in [0.05, 0.1) is 9.91 Å². The van der Waals surface area contributed by atoms with Gasteiger partial charge in [0.2, 0.25) is 0 Å². The van der Waals surface area contributed by atoms with Gasteiger partial charge in [-0.15, -0.1) is 23.1 Å². The van der Waals surface area contributed by atoms with E-state index in [1.54, 1.807) is 17.8 Å². The molecule has 1 atom stereocenters. The highest BCUT2D eigenvalue weighted by atomic mass is 32.2. The molecule has 0 radical (unpaired) electrons. The molecule has 2 heterocycles. The minimum atomic E-state index is -0.354. The topological polar surface area (TPSA) is 62.7 Å². The number of amidine groups is 1. The van der Waals surface area contributed by atoms with Gasteiger partial charge in [0.1, 0.15) is 12.6 Å². The van der Waals surface area contributed by atoms with Crippen molar-refractivity contribution in [1.29, 1.82) is 0 Å². The number of carbonyl (C=O) groups excluding carboxylic acids is 1. The van der Waals surface area contributed by atoms with Crippen LogP contribution in [0.15, 0.2) is 33.6 Å². The molecule has 0 saturated heterocycles. The van der Waals surface area contributed by atoms with Crippen molar-refractivity contribution in [3.63, 3.8) is 0 Å². The average molecular weight is 297 g/mol. The summed E-state index contributed by atoms with van der Waals surface area (Å²) in [5.74, 6) is 0.681. The lowest BCUT2D eigenvalue weighted by Crippen LogP contribution is -2.31. The third kappa shape index (κ3) is 4.09. The highest BCUT2D eigenvalue weighted by Crippen LogP contribution is 2.14. The number of rotatable bonds is 5. The van der Waals surface area contributed by atoms with Crippen molar-refractivity contribution in [1.82, 2.24) is 10.6 Å². The molecule has 19 heavy (non-hydrogen) atoms. The van der Waals surface area contributed by atoms with Crippen LogP contribution in [0.3, 0.4) is 0 Å². The molecule has 0 aliphatic carbocycles. The Labute approximate surface area is 120 Å². The first kappa shape index (κ1) is 14.1. The number of thiophene rings is 1. The van der Waals surface area contributed by atoms with Gasteiger partial charge in [-0.05, 0) is 30.7 Å². The van der Waals surface area contributed by atoms with E-state index in [4.69, 9.17) is 4.74 Å². The molecule has 1 aromatic heterocycles. The van der Waals surface area contributed by atoms with Crippen molar-refractivity contribution < 1.29 is 9.53 Å². The Morgan fingerprint density at radius 1 is 1.68 bits per heavy atom. The summed E-state index contributed by atoms with van der Waals surface area (Å²) in [5.41, 5.74) is 0. The SMILES string of the molecule is CSC1=C[C@@H](OCNC(=O)c2cccs2)N=C(C)N1. The lowest BCUT2D eigenvalue weighted by Gasteiger charge is -2.19. The Bertz CT molecular complexity index is 497. The van der Waals surface area contributed by atoms with Crippen LogP contribution in [0.1, 0.15) is 16.6 Å². The first-order valence-corrected chi connectivity index (χ1v) is 7.80. The Morgan fingerprint density at radius 3 is 3.21 bits per heavy atom. The summed E-state index contributed by atoms with van der Waals surface area (Å²) in [5, 5.41) is 8.70. The maximum atomic E-state index is 11.7. The van der Waals surface area contributed by atoms with Crippen molar-refractivity contribution >= 4 is 34.8 Å². The van der Waals surface area contributed by atoms with Crippen LogP contribution in [-0.4, -0.2) is 31.0 Å². The van der Waals surface area contributed by atoms with Crippen LogP contribution < -0.4 is 10.6 Å². The summed E-state index contributed by atoms with van der Waals surface area (Å²) in [6.45, 7) is 2.01. The number of amides is 1. The quantitative estimate of drug-likeness (QED) is 0.816. The van der Waals surface area contributed by atoms with Crippen LogP contribution in [0.25, 0.3) is 0 Å². The molecule has 2 N–H and O–H groups in total. The van der Waals surface area contributed by atoms with Crippen molar-refractivity contribution in [2.75, 3.05) is 13.0 Å². The molecule has 7 heteroatoms. The Kier molecular flexibility index (Phi) is 5.00. The molecule has 1 aliphatic rings. The third-order valence-electron chi connectivity index (χ3n) is 2.37. The predicted molar refractivity (Wildman–Crippen MR) is 79.4 cm³/mol. The number of hydrogen-bond donors (Lipinski definition) is 2. The van der Waals surface area contributed by atoms with Crippen LogP contribution >= 0.6 is 23.1 Å². The van der Waals surface area contributed by atoms with E-state index in [9.17, 15) is 4.79 Å². The first-order valence-electron chi connectivity index (χ1n) is 5.69. The molecule has 0 fully saturated rings. The molecule has 0 unspecified atom stereocenters. The zero-order valence-corrected chi connectivity index (χ0v) is 12.3. The van der Waals surface area contributed by atoms with Gasteiger partial charge in [0.15, 0.2) is 6.23 Å². The van der Waals surface area contributed by atoms with E-state index < -0.39 is 0 Å². The third-order valence-corrected chi connectivity index (χ3v) is 3.92. The molecule has 0 saturated carbocycles. The van der Waals surface area contributed by atoms with E-state index in [0.717, 1.165) is 10.9 Å². The van der Waals surface area contributed by atoms with Gasteiger partial charge in [-0.25, -0.2) is 4.99 Å². The van der Waals surface area contributed by atoms with E-state index in [-0.39, 0.29) is 18.9 Å². The Hall–Kier alpha value is -1.31. The maximum absolute atomic E-state index is 11.7. The Morgan fingerprint density at radius 2 is 2.53 bits per heavy atom. The first-order chi connectivity index (χ1) is 9.19. The van der Waals surface area contributed by atoms with Crippen LogP contribution in [0.4, 0.5) is 0 Å². The van der Waals surface area contributed by atoms with E-state index in [1.807, 2.05) is 30.7 Å². The van der Waals surface area contributed by atoms with Gasteiger partial charge in [-0.1, -0.05) is 6.07 Å². The number of nitrogens with one attached hydrogen (secondary N) is 2. The summed E-state index contributed by atoms with van der Waals surface area (Å²) in [7, 11) is 0. The molecule has 2 rings (SSSR count). The highest BCUT2D eigenvalue weighted by molar-refractivity contribution is 8.02. The van der Waals surface area contributed by atoms with Crippen molar-refractivity contribution in [2.24, 2.45) is 4.99 Å². The molecule has 0 bridgehead atoms. The van der Waals surface area contributed by atoms with Crippen molar-refractivity contribution in [3.8, 4) is 0 Å². The van der Waals surface area contributed by atoms with Gasteiger partial charge in [0, 0.05) is 0 Å². The number of ether oxygens (including phenoxy) is 1. The molecule has 1 aliphatic heterocycles. The fraction of sp³-hybridized carbons (Fsp3) is 0.333. The zero-order chi connectivity index (χ0) is 13.7. The van der Waals surface area contributed by atoms with Gasteiger partial charge < -0.3 is 15.4 Å². The summed E-state index contributed by atoms with van der Waals surface area (Å²) in [6.07, 6.45) is 3.51. The minimum absolute atomic E-state index is 0.126. The average Bonchev–Trinajstić information content (AvgIpc) is 2.92. The molecule has 0 aromatic carbocycles. The van der Waals surface area contributed by atoms with E-state index in [0.29, 0.717) is 4.88 Å². The summed E-state index contributed by atoms with van der Waals surface area (Å²) in [6, 6.07) is 3.62. The lowest BCUT2D eigenvalue weighted by atomic mass is 10.4. The lowest BCUT2D eigenvalue weighted by molar-refractivity contribution is 0.0627. The largest absolute Gasteiger partial charge is 0.339 e. The Balaban J connectivity index is 1.81. The molecular formula is C12H15N3O2S2. The molecule has 1 amide bonds. The highest BCUT2D eigenvalue weighted by Gasteiger charge is 2.13. The van der Waals surface area contributed by atoms with Crippen LogP contribution in [0.2, 0.25) is 0 Å². The number of aliphatic imine (C=N–C) groups is 1. The fourth-order valence-electron chi connectivity index (χ4n) is 1.50. The summed E-state index contributed by atoms with van der Waals surface area (Å²) in [4.78, 5) is 16.6. The van der Waals surface area contributed by atoms with Gasteiger partial charge >= 0.3 is 0 Å². The van der Waals surface area contributed by atoms with Crippen LogP contribution in [-0.2, 0) is 4.74 Å².